The molecule has 2 N–H and O–H groups in total. The first-order valence-electron chi connectivity index (χ1n) is 7.23. The van der Waals surface area contributed by atoms with E-state index in [0.29, 0.717) is 19.0 Å². The summed E-state index contributed by atoms with van der Waals surface area (Å²) in [6, 6.07) is 1.74. The highest BCUT2D eigenvalue weighted by atomic mass is 16.5. The normalized spacial score (nSPS) is 23.5. The van der Waals surface area contributed by atoms with E-state index in [1.807, 2.05) is 25.7 Å². The number of morpholine rings is 1. The van der Waals surface area contributed by atoms with Gasteiger partial charge in [0.05, 0.1) is 31.1 Å². The highest BCUT2D eigenvalue weighted by Gasteiger charge is 2.26. The fourth-order valence-corrected chi connectivity index (χ4v) is 2.37. The summed E-state index contributed by atoms with van der Waals surface area (Å²) in [6.45, 7) is 7.35. The first kappa shape index (κ1) is 15.9. The molecule has 1 amide bonds. The largest absolute Gasteiger partial charge is 0.394 e. The van der Waals surface area contributed by atoms with Crippen LogP contribution in [-0.2, 0) is 9.53 Å². The maximum absolute atomic E-state index is 12.0. The lowest BCUT2D eigenvalue weighted by Crippen LogP contribution is -2.50. The Bertz CT molecular complexity index is 475. The number of nitrogens with zero attached hydrogens (tertiary/aromatic N) is 2. The summed E-state index contributed by atoms with van der Waals surface area (Å²) in [5.41, 5.74) is 0.811. The summed E-state index contributed by atoms with van der Waals surface area (Å²) in [4.78, 5) is 14.0. The summed E-state index contributed by atoms with van der Waals surface area (Å²) in [5.74, 6) is 0.459. The van der Waals surface area contributed by atoms with Gasteiger partial charge in [0.1, 0.15) is 0 Å². The summed E-state index contributed by atoms with van der Waals surface area (Å²) in [5, 5.41) is 15.8. The molecule has 2 heterocycles. The summed E-state index contributed by atoms with van der Waals surface area (Å²) in [7, 11) is 0. The highest BCUT2D eigenvalue weighted by Crippen LogP contribution is 2.17. The summed E-state index contributed by atoms with van der Waals surface area (Å²) >= 11 is 0. The van der Waals surface area contributed by atoms with Gasteiger partial charge in [-0.3, -0.25) is 15.0 Å². The molecule has 0 aliphatic carbocycles. The van der Waals surface area contributed by atoms with Gasteiger partial charge in [0, 0.05) is 19.2 Å². The van der Waals surface area contributed by atoms with E-state index in [1.54, 1.807) is 6.07 Å². The molecule has 21 heavy (non-hydrogen) atoms. The summed E-state index contributed by atoms with van der Waals surface area (Å²) in [6.07, 6.45) is -0.235. The quantitative estimate of drug-likeness (QED) is 0.836. The van der Waals surface area contributed by atoms with Crippen molar-refractivity contribution in [1.82, 2.24) is 10.1 Å². The number of nitrogens with one attached hydrogen (secondary N) is 1. The zero-order chi connectivity index (χ0) is 15.4. The number of ether oxygens (including phenoxy) is 1. The predicted molar refractivity (Wildman–Crippen MR) is 77.1 cm³/mol. The molecule has 1 saturated heterocycles. The minimum Gasteiger partial charge on any atom is -0.394 e. The number of amides is 1. The standard InChI is InChI=1S/C14H23N3O4/c1-9(2)12-4-14(21-16-12)15-13(19)7-17-5-10(3)20-11(6-17)8-18/h4,9-11,18H,5-8H2,1-3H3,(H,15,19). The zero-order valence-corrected chi connectivity index (χ0v) is 12.7. The van der Waals surface area contributed by atoms with Crippen molar-refractivity contribution in [1.29, 1.82) is 0 Å². The van der Waals surface area contributed by atoms with Crippen molar-refractivity contribution in [2.45, 2.75) is 38.9 Å². The molecule has 1 aliphatic heterocycles. The van der Waals surface area contributed by atoms with E-state index in [1.165, 1.54) is 0 Å². The monoisotopic (exact) mass is 297 g/mol. The van der Waals surface area contributed by atoms with Crippen molar-refractivity contribution in [3.05, 3.63) is 11.8 Å². The average molecular weight is 297 g/mol. The SMILES string of the molecule is CC1CN(CC(=O)Nc2cc(C(C)C)no2)CC(CO)O1. The Kier molecular flexibility index (Phi) is 5.33. The number of aliphatic hydroxyl groups excluding tert-OH is 1. The number of aliphatic hydroxyl groups is 1. The van der Waals surface area contributed by atoms with Crippen molar-refractivity contribution in [3.8, 4) is 0 Å². The fourth-order valence-electron chi connectivity index (χ4n) is 2.37. The molecule has 2 unspecified atom stereocenters. The van der Waals surface area contributed by atoms with E-state index in [9.17, 15) is 9.90 Å². The number of aromatic nitrogens is 1. The number of rotatable bonds is 5. The Hall–Kier alpha value is -1.44. The van der Waals surface area contributed by atoms with E-state index >= 15 is 0 Å². The van der Waals surface area contributed by atoms with E-state index in [4.69, 9.17) is 9.26 Å². The number of hydrogen-bond acceptors (Lipinski definition) is 6. The fraction of sp³-hybridized carbons (Fsp3) is 0.714. The molecule has 0 radical (unpaired) electrons. The molecule has 2 rings (SSSR count). The first-order valence-corrected chi connectivity index (χ1v) is 7.23. The minimum absolute atomic E-state index is 0.00141. The van der Waals surface area contributed by atoms with Crippen LogP contribution in [0.1, 0.15) is 32.4 Å². The Morgan fingerprint density at radius 3 is 2.95 bits per heavy atom. The Labute approximate surface area is 124 Å². The molecule has 0 saturated carbocycles. The molecule has 1 fully saturated rings. The third kappa shape index (κ3) is 4.52. The van der Waals surface area contributed by atoms with Crippen molar-refractivity contribution >= 4 is 11.8 Å². The Balaban J connectivity index is 1.86. The maximum Gasteiger partial charge on any atom is 0.240 e. The van der Waals surface area contributed by atoms with Crippen molar-refractivity contribution < 1.29 is 19.2 Å². The first-order chi connectivity index (χ1) is 9.97. The second-order valence-electron chi connectivity index (χ2n) is 5.76. The van der Waals surface area contributed by atoms with Crippen LogP contribution in [-0.4, -0.2) is 59.5 Å². The number of anilines is 1. The Morgan fingerprint density at radius 2 is 2.33 bits per heavy atom. The topological polar surface area (TPSA) is 87.8 Å². The third-order valence-corrected chi connectivity index (χ3v) is 3.36. The van der Waals surface area contributed by atoms with Gasteiger partial charge < -0.3 is 14.4 Å². The molecule has 118 valence electrons. The lowest BCUT2D eigenvalue weighted by molar-refractivity contribution is -0.124. The molecule has 0 aromatic carbocycles. The van der Waals surface area contributed by atoms with Crippen molar-refractivity contribution in [2.24, 2.45) is 0 Å². The van der Waals surface area contributed by atoms with Crippen LogP contribution in [0.5, 0.6) is 0 Å². The predicted octanol–water partition coefficient (Wildman–Crippen LogP) is 0.818. The molecule has 1 aromatic rings. The second kappa shape index (κ2) is 7.02. The number of carbonyl (C=O) groups is 1. The third-order valence-electron chi connectivity index (χ3n) is 3.36. The molecule has 1 aromatic heterocycles. The molecule has 0 spiro atoms. The van der Waals surface area contributed by atoms with Crippen molar-refractivity contribution in [2.75, 3.05) is 31.6 Å². The van der Waals surface area contributed by atoms with Crippen molar-refractivity contribution in [3.63, 3.8) is 0 Å². The lowest BCUT2D eigenvalue weighted by Gasteiger charge is -2.35. The van der Waals surface area contributed by atoms with Gasteiger partial charge in [-0.2, -0.15) is 0 Å². The van der Waals surface area contributed by atoms with Crippen LogP contribution in [0.3, 0.4) is 0 Å². The highest BCUT2D eigenvalue weighted by molar-refractivity contribution is 5.91. The average Bonchev–Trinajstić information content (AvgIpc) is 2.86. The van der Waals surface area contributed by atoms with E-state index in [0.717, 1.165) is 5.69 Å². The van der Waals surface area contributed by atoms with Gasteiger partial charge in [0.15, 0.2) is 0 Å². The Morgan fingerprint density at radius 1 is 1.57 bits per heavy atom. The van der Waals surface area contributed by atoms with E-state index in [-0.39, 0.29) is 37.2 Å². The van der Waals surface area contributed by atoms with Gasteiger partial charge >= 0.3 is 0 Å². The van der Waals surface area contributed by atoms with Crippen LogP contribution in [0.25, 0.3) is 0 Å². The zero-order valence-electron chi connectivity index (χ0n) is 12.7. The van der Waals surface area contributed by atoms with Crippen LogP contribution in [0, 0.1) is 0 Å². The molecular weight excluding hydrogens is 274 g/mol. The van der Waals surface area contributed by atoms with Gasteiger partial charge in [0.2, 0.25) is 11.8 Å². The molecule has 1 aliphatic rings. The van der Waals surface area contributed by atoms with Gasteiger partial charge in [-0.05, 0) is 12.8 Å². The van der Waals surface area contributed by atoms with Crippen LogP contribution in [0.4, 0.5) is 5.88 Å². The smallest absolute Gasteiger partial charge is 0.240 e. The van der Waals surface area contributed by atoms with Crippen LogP contribution < -0.4 is 5.32 Å². The molecule has 7 heteroatoms. The van der Waals surface area contributed by atoms with E-state index in [2.05, 4.69) is 10.5 Å². The van der Waals surface area contributed by atoms with Gasteiger partial charge in [-0.25, -0.2) is 0 Å². The molecule has 0 bridgehead atoms. The van der Waals surface area contributed by atoms with Crippen LogP contribution >= 0.6 is 0 Å². The summed E-state index contributed by atoms with van der Waals surface area (Å²) < 4.78 is 10.6. The second-order valence-corrected chi connectivity index (χ2v) is 5.76. The number of carbonyl (C=O) groups excluding carboxylic acids is 1. The van der Waals surface area contributed by atoms with Gasteiger partial charge in [-0.15, -0.1) is 0 Å². The molecular formula is C14H23N3O4. The maximum atomic E-state index is 12.0. The lowest BCUT2D eigenvalue weighted by atomic mass is 10.1. The van der Waals surface area contributed by atoms with E-state index < -0.39 is 0 Å². The molecule has 7 nitrogen and oxygen atoms in total. The molecule has 2 atom stereocenters. The minimum atomic E-state index is -0.237. The van der Waals surface area contributed by atoms with Gasteiger partial charge in [0.25, 0.3) is 0 Å². The number of hydrogen-bond donors (Lipinski definition) is 2. The van der Waals surface area contributed by atoms with Crippen LogP contribution in [0.2, 0.25) is 0 Å². The van der Waals surface area contributed by atoms with Crippen LogP contribution in [0.15, 0.2) is 10.6 Å². The van der Waals surface area contributed by atoms with Gasteiger partial charge in [-0.1, -0.05) is 19.0 Å².